The van der Waals surface area contributed by atoms with Crippen molar-refractivity contribution in [3.8, 4) is 0 Å². The molecule has 0 spiro atoms. The van der Waals surface area contributed by atoms with Crippen LogP contribution in [-0.2, 0) is 0 Å². The molecule has 0 aliphatic carbocycles. The Hall–Kier alpha value is -2.93. The van der Waals surface area contributed by atoms with Gasteiger partial charge in [0.1, 0.15) is 23.1 Å². The van der Waals surface area contributed by atoms with Crippen LogP contribution in [0.3, 0.4) is 0 Å². The number of amidine groups is 1. The van der Waals surface area contributed by atoms with Gasteiger partial charge in [0.05, 0.1) is 28.3 Å². The Morgan fingerprint density at radius 3 is 2.96 bits per heavy atom. The number of hydrazone groups is 1. The summed E-state index contributed by atoms with van der Waals surface area (Å²) in [6.45, 7) is 0.154. The first-order chi connectivity index (χ1) is 11.2. The second-order valence-corrected chi connectivity index (χ2v) is 6.01. The van der Waals surface area contributed by atoms with Crippen molar-refractivity contribution in [1.29, 1.82) is 5.41 Å². The Labute approximate surface area is 135 Å². The molecule has 0 saturated heterocycles. The number of hydrogen-bond donors (Lipinski definition) is 2. The molecule has 23 heavy (non-hydrogen) atoms. The Morgan fingerprint density at radius 1 is 1.30 bits per heavy atom. The molecule has 0 unspecified atom stereocenters. The number of hydrogen-bond acceptors (Lipinski definition) is 6. The Balaban J connectivity index is 1.64. The second kappa shape index (κ2) is 5.36. The van der Waals surface area contributed by atoms with Crippen LogP contribution in [0.15, 0.2) is 57.9 Å². The number of nitrogens with one attached hydrogen (secondary N) is 1. The van der Waals surface area contributed by atoms with Crippen LogP contribution in [0.25, 0.3) is 15.8 Å². The number of benzene rings is 1. The second-order valence-electron chi connectivity index (χ2n) is 4.97. The Kier molecular flexibility index (Phi) is 3.20. The molecule has 0 fully saturated rings. The summed E-state index contributed by atoms with van der Waals surface area (Å²) in [5, 5.41) is 24.7. The zero-order valence-electron chi connectivity index (χ0n) is 11.9. The minimum atomic E-state index is 0.102. The third kappa shape index (κ3) is 2.40. The highest BCUT2D eigenvalue weighted by Gasteiger charge is 2.30. The van der Waals surface area contributed by atoms with Crippen molar-refractivity contribution in [3.63, 3.8) is 0 Å². The molecule has 6 nitrogen and oxygen atoms in total. The van der Waals surface area contributed by atoms with Crippen molar-refractivity contribution in [2.75, 3.05) is 6.54 Å². The lowest BCUT2D eigenvalue weighted by Gasteiger charge is -2.10. The average Bonchev–Trinajstić information content (AvgIpc) is 3.24. The van der Waals surface area contributed by atoms with E-state index in [1.807, 2.05) is 24.3 Å². The molecular formula is C16H12N4O2S. The first-order valence-corrected chi connectivity index (χ1v) is 7.76. The summed E-state index contributed by atoms with van der Waals surface area (Å²) in [5.41, 5.74) is 1.29. The quantitative estimate of drug-likeness (QED) is 0.722. The number of nitrogens with zero attached hydrogens (tertiary/aromatic N) is 3. The molecule has 0 bridgehead atoms. The standard InChI is InChI=1S/C16H12N4O2S/c17-15-14(16-19-11-5-1-2-6-13(11)23-16)12(21)9-20(15)18-8-10-4-3-7-22-10/h1-8,17,21H,9H2/b17-15?,18-8+. The maximum absolute atomic E-state index is 10.2. The number of rotatable bonds is 3. The summed E-state index contributed by atoms with van der Waals surface area (Å²) >= 11 is 1.45. The average molecular weight is 324 g/mol. The summed E-state index contributed by atoms with van der Waals surface area (Å²) in [5.74, 6) is 0.820. The summed E-state index contributed by atoms with van der Waals surface area (Å²) < 4.78 is 6.20. The van der Waals surface area contributed by atoms with E-state index in [2.05, 4.69) is 10.1 Å². The van der Waals surface area contributed by atoms with E-state index in [0.29, 0.717) is 16.3 Å². The topological polar surface area (TPSA) is 85.7 Å². The molecule has 0 amide bonds. The van der Waals surface area contributed by atoms with Gasteiger partial charge in [-0.05, 0) is 24.3 Å². The summed E-state index contributed by atoms with van der Waals surface area (Å²) in [6, 6.07) is 11.3. The highest BCUT2D eigenvalue weighted by atomic mass is 32.1. The van der Waals surface area contributed by atoms with Gasteiger partial charge in [0.15, 0.2) is 5.84 Å². The van der Waals surface area contributed by atoms with Gasteiger partial charge in [-0.15, -0.1) is 11.3 Å². The van der Waals surface area contributed by atoms with Crippen molar-refractivity contribution >= 4 is 39.2 Å². The van der Waals surface area contributed by atoms with Crippen LogP contribution < -0.4 is 0 Å². The van der Waals surface area contributed by atoms with Crippen molar-refractivity contribution in [2.24, 2.45) is 5.10 Å². The summed E-state index contributed by atoms with van der Waals surface area (Å²) in [7, 11) is 0. The fourth-order valence-electron chi connectivity index (χ4n) is 2.36. The Bertz CT molecular complexity index is 907. The minimum Gasteiger partial charge on any atom is -0.509 e. The van der Waals surface area contributed by atoms with Crippen LogP contribution >= 0.6 is 11.3 Å². The number of fused-ring (bicyclic) bond motifs is 1. The molecule has 4 rings (SSSR count). The molecule has 1 aliphatic heterocycles. The van der Waals surface area contributed by atoms with Crippen LogP contribution in [-0.4, -0.2) is 33.7 Å². The van der Waals surface area contributed by atoms with Crippen LogP contribution in [0, 0.1) is 5.41 Å². The van der Waals surface area contributed by atoms with Gasteiger partial charge in [0.2, 0.25) is 0 Å². The van der Waals surface area contributed by atoms with Gasteiger partial charge in [0, 0.05) is 0 Å². The predicted octanol–water partition coefficient (Wildman–Crippen LogP) is 3.49. The number of furan rings is 1. The van der Waals surface area contributed by atoms with Gasteiger partial charge < -0.3 is 9.52 Å². The Morgan fingerprint density at radius 2 is 2.17 bits per heavy atom. The van der Waals surface area contributed by atoms with Gasteiger partial charge in [0.25, 0.3) is 0 Å². The van der Waals surface area contributed by atoms with Gasteiger partial charge in [-0.3, -0.25) is 5.41 Å². The molecule has 2 aromatic heterocycles. The lowest BCUT2D eigenvalue weighted by Crippen LogP contribution is -2.20. The van der Waals surface area contributed by atoms with E-state index in [1.54, 1.807) is 18.4 Å². The van der Waals surface area contributed by atoms with Crippen LogP contribution in [0.2, 0.25) is 0 Å². The molecule has 2 N–H and O–H groups in total. The largest absolute Gasteiger partial charge is 0.509 e. The number of thiazole rings is 1. The highest BCUT2D eigenvalue weighted by molar-refractivity contribution is 7.19. The zero-order valence-corrected chi connectivity index (χ0v) is 12.7. The highest BCUT2D eigenvalue weighted by Crippen LogP contribution is 2.33. The molecular weight excluding hydrogens is 312 g/mol. The van der Waals surface area contributed by atoms with Gasteiger partial charge >= 0.3 is 0 Å². The van der Waals surface area contributed by atoms with Gasteiger partial charge in [-0.25, -0.2) is 9.99 Å². The lowest BCUT2D eigenvalue weighted by atomic mass is 10.2. The van der Waals surface area contributed by atoms with Gasteiger partial charge in [-0.2, -0.15) is 5.10 Å². The fourth-order valence-corrected chi connectivity index (χ4v) is 3.39. The SMILES string of the molecule is N=C1C(c2nc3ccccc3s2)=C(O)CN1/N=C/c1ccco1. The molecule has 1 aliphatic rings. The first kappa shape index (κ1) is 13.7. The zero-order chi connectivity index (χ0) is 15.8. The lowest BCUT2D eigenvalue weighted by molar-refractivity contribution is 0.357. The van der Waals surface area contributed by atoms with Crippen molar-refractivity contribution in [1.82, 2.24) is 9.99 Å². The molecule has 0 radical (unpaired) electrons. The van der Waals surface area contributed by atoms with E-state index in [9.17, 15) is 5.11 Å². The van der Waals surface area contributed by atoms with E-state index in [-0.39, 0.29) is 18.1 Å². The van der Waals surface area contributed by atoms with Gasteiger partial charge in [-0.1, -0.05) is 12.1 Å². The number of aliphatic hydroxyl groups is 1. The molecule has 1 aromatic carbocycles. The third-order valence-corrected chi connectivity index (χ3v) is 4.51. The maximum Gasteiger partial charge on any atom is 0.155 e. The van der Waals surface area contributed by atoms with Crippen molar-refractivity contribution in [2.45, 2.75) is 0 Å². The monoisotopic (exact) mass is 324 g/mol. The normalized spacial score (nSPS) is 15.5. The van der Waals surface area contributed by atoms with E-state index in [0.717, 1.165) is 10.2 Å². The van der Waals surface area contributed by atoms with Crippen LogP contribution in [0.4, 0.5) is 0 Å². The molecule has 114 valence electrons. The molecule has 0 atom stereocenters. The van der Waals surface area contributed by atoms with E-state index >= 15 is 0 Å². The molecule has 3 heterocycles. The molecule has 3 aromatic rings. The van der Waals surface area contributed by atoms with Crippen LogP contribution in [0.5, 0.6) is 0 Å². The van der Waals surface area contributed by atoms with Crippen LogP contribution in [0.1, 0.15) is 10.8 Å². The fraction of sp³-hybridized carbons (Fsp3) is 0.0625. The molecule has 7 heteroatoms. The summed E-state index contributed by atoms with van der Waals surface area (Å²) in [4.78, 5) is 4.50. The third-order valence-electron chi connectivity index (χ3n) is 3.46. The number of aliphatic hydroxyl groups excluding tert-OH is 1. The number of aromatic nitrogens is 1. The van der Waals surface area contributed by atoms with E-state index in [4.69, 9.17) is 9.83 Å². The minimum absolute atomic E-state index is 0.102. The van der Waals surface area contributed by atoms with Crippen molar-refractivity contribution in [3.05, 3.63) is 59.2 Å². The van der Waals surface area contributed by atoms with Crippen molar-refractivity contribution < 1.29 is 9.52 Å². The van der Waals surface area contributed by atoms with E-state index < -0.39 is 0 Å². The van der Waals surface area contributed by atoms with E-state index in [1.165, 1.54) is 22.6 Å². The first-order valence-electron chi connectivity index (χ1n) is 6.94. The molecule has 0 saturated carbocycles. The number of para-hydroxylation sites is 1. The maximum atomic E-state index is 10.2. The smallest absolute Gasteiger partial charge is 0.155 e. The predicted molar refractivity (Wildman–Crippen MR) is 89.9 cm³/mol. The summed E-state index contributed by atoms with van der Waals surface area (Å²) in [6.07, 6.45) is 3.07.